The fourth-order valence-electron chi connectivity index (χ4n) is 0.357. The van der Waals surface area contributed by atoms with Crippen molar-refractivity contribution < 1.29 is 19.8 Å². The molecule has 3 N–H and O–H groups in total. The fraction of sp³-hybridized carbons (Fsp3) is 0.600. The van der Waals surface area contributed by atoms with Gasteiger partial charge >= 0.3 is 5.97 Å². The Kier molecular flexibility index (Phi) is 5.43. The molecule has 12 heavy (non-hydrogen) atoms. The first kappa shape index (κ1) is 11.9. The van der Waals surface area contributed by atoms with Gasteiger partial charge < -0.3 is 15.5 Å². The summed E-state index contributed by atoms with van der Waals surface area (Å²) >= 11 is 5.96. The molecule has 7 heteroatoms. The van der Waals surface area contributed by atoms with Gasteiger partial charge in [0.25, 0.3) is 0 Å². The average Bonchev–Trinajstić information content (AvgIpc) is 2.02. The van der Waals surface area contributed by atoms with E-state index in [4.69, 9.17) is 10.2 Å². The fourth-order valence-corrected chi connectivity index (χ4v) is 0.783. The van der Waals surface area contributed by atoms with Gasteiger partial charge in [-0.05, 0) is 0 Å². The summed E-state index contributed by atoms with van der Waals surface area (Å²) in [5, 5.41) is 19.1. The molecule has 5 nitrogen and oxygen atoms in total. The van der Waals surface area contributed by atoms with Crippen molar-refractivity contribution in [2.24, 2.45) is 0 Å². The number of amides is 1. The Hall–Kier alpha value is -0.140. The van der Waals surface area contributed by atoms with E-state index < -0.39 is 22.9 Å². The van der Waals surface area contributed by atoms with Gasteiger partial charge in [-0.15, -0.1) is 0 Å². The maximum absolute atomic E-state index is 10.9. The zero-order valence-corrected chi connectivity index (χ0v) is 9.00. The van der Waals surface area contributed by atoms with Gasteiger partial charge in [0, 0.05) is 5.33 Å². The lowest BCUT2D eigenvalue weighted by Crippen LogP contribution is -2.44. The van der Waals surface area contributed by atoms with E-state index in [1.165, 1.54) is 0 Å². The van der Waals surface area contributed by atoms with E-state index >= 15 is 0 Å². The molecule has 0 bridgehead atoms. The summed E-state index contributed by atoms with van der Waals surface area (Å²) in [4.78, 5) is 20.4. The van der Waals surface area contributed by atoms with E-state index in [0.717, 1.165) is 0 Å². The SMILES string of the molecule is O=C(NC(O)C(=O)O)C(Br)CBr. The summed E-state index contributed by atoms with van der Waals surface area (Å²) in [5.41, 5.74) is 0. The van der Waals surface area contributed by atoms with E-state index in [0.29, 0.717) is 5.33 Å². The van der Waals surface area contributed by atoms with Crippen molar-refractivity contribution in [1.82, 2.24) is 5.32 Å². The third-order valence-corrected chi connectivity index (χ3v) is 3.19. The molecule has 0 aromatic heterocycles. The summed E-state index contributed by atoms with van der Waals surface area (Å²) in [6.07, 6.45) is -1.85. The number of aliphatic hydroxyl groups is 1. The van der Waals surface area contributed by atoms with Crippen LogP contribution in [0.4, 0.5) is 0 Å². The van der Waals surface area contributed by atoms with Crippen LogP contribution in [-0.2, 0) is 9.59 Å². The summed E-state index contributed by atoms with van der Waals surface area (Å²) in [6.45, 7) is 0. The quantitative estimate of drug-likeness (QED) is 0.490. The number of hydrogen-bond acceptors (Lipinski definition) is 3. The average molecular weight is 305 g/mol. The number of rotatable bonds is 4. The first-order valence-corrected chi connectivity index (χ1v) is 4.94. The van der Waals surface area contributed by atoms with Gasteiger partial charge in [0.05, 0.1) is 0 Å². The number of alkyl halides is 2. The van der Waals surface area contributed by atoms with Crippen LogP contribution in [0.15, 0.2) is 0 Å². The van der Waals surface area contributed by atoms with Gasteiger partial charge in [-0.3, -0.25) is 4.79 Å². The zero-order valence-electron chi connectivity index (χ0n) is 5.83. The molecule has 0 aliphatic rings. The monoisotopic (exact) mass is 303 g/mol. The van der Waals surface area contributed by atoms with Crippen LogP contribution in [0.2, 0.25) is 0 Å². The molecule has 0 aromatic rings. The molecule has 2 atom stereocenters. The van der Waals surface area contributed by atoms with Crippen LogP contribution in [0.25, 0.3) is 0 Å². The molecule has 0 rings (SSSR count). The number of carboxylic acid groups (broad SMARTS) is 1. The minimum absolute atomic E-state index is 0.338. The number of halogens is 2. The van der Waals surface area contributed by atoms with Gasteiger partial charge in [-0.2, -0.15) is 0 Å². The summed E-state index contributed by atoms with van der Waals surface area (Å²) in [7, 11) is 0. The van der Waals surface area contributed by atoms with Crippen LogP contribution < -0.4 is 5.32 Å². The Bertz CT molecular complexity index is 186. The first-order valence-electron chi connectivity index (χ1n) is 2.90. The van der Waals surface area contributed by atoms with Gasteiger partial charge in [-0.1, -0.05) is 31.9 Å². The number of carboxylic acids is 1. The maximum Gasteiger partial charge on any atom is 0.353 e. The number of aliphatic carboxylic acids is 1. The van der Waals surface area contributed by atoms with E-state index in [1.54, 1.807) is 0 Å². The summed E-state index contributed by atoms with van der Waals surface area (Å²) < 4.78 is 0. The highest BCUT2D eigenvalue weighted by molar-refractivity contribution is 9.12. The van der Waals surface area contributed by atoms with Crippen molar-refractivity contribution in [2.45, 2.75) is 11.1 Å². The third kappa shape index (κ3) is 4.03. The van der Waals surface area contributed by atoms with Crippen molar-refractivity contribution >= 4 is 43.7 Å². The van der Waals surface area contributed by atoms with Crippen LogP contribution in [0.3, 0.4) is 0 Å². The molecule has 0 radical (unpaired) electrons. The van der Waals surface area contributed by atoms with Crippen molar-refractivity contribution in [3.8, 4) is 0 Å². The number of aliphatic hydroxyl groups excluding tert-OH is 1. The van der Waals surface area contributed by atoms with Crippen molar-refractivity contribution in [3.05, 3.63) is 0 Å². The lowest BCUT2D eigenvalue weighted by Gasteiger charge is -2.10. The van der Waals surface area contributed by atoms with Gasteiger partial charge in [-0.25, -0.2) is 4.79 Å². The summed E-state index contributed by atoms with van der Waals surface area (Å²) in [6, 6.07) is 0. The van der Waals surface area contributed by atoms with Crippen molar-refractivity contribution in [2.75, 3.05) is 5.33 Å². The topological polar surface area (TPSA) is 86.6 Å². The normalized spacial score (nSPS) is 14.9. The third-order valence-electron chi connectivity index (χ3n) is 0.933. The Morgan fingerprint density at radius 3 is 2.33 bits per heavy atom. The van der Waals surface area contributed by atoms with E-state index in [-0.39, 0.29) is 0 Å². The molecule has 0 fully saturated rings. The second kappa shape index (κ2) is 5.50. The highest BCUT2D eigenvalue weighted by Gasteiger charge is 2.20. The molecule has 0 spiro atoms. The predicted octanol–water partition coefficient (Wildman–Crippen LogP) is -0.336. The standard InChI is InChI=1S/C5H7Br2NO4/c6-1-2(7)3(9)8-4(10)5(11)12/h2,4,10H,1H2,(H,8,9)(H,11,12). The Balaban J connectivity index is 3.92. The zero-order chi connectivity index (χ0) is 9.72. The highest BCUT2D eigenvalue weighted by atomic mass is 79.9. The lowest BCUT2D eigenvalue weighted by molar-refractivity contribution is -0.151. The van der Waals surface area contributed by atoms with Crippen LogP contribution in [0.5, 0.6) is 0 Å². The smallest absolute Gasteiger partial charge is 0.353 e. The molecular weight excluding hydrogens is 298 g/mol. The molecule has 0 aromatic carbocycles. The number of carbonyl (C=O) groups is 2. The van der Waals surface area contributed by atoms with Crippen LogP contribution in [0, 0.1) is 0 Å². The summed E-state index contributed by atoms with van der Waals surface area (Å²) in [5.74, 6) is -2.07. The molecule has 0 saturated heterocycles. The maximum atomic E-state index is 10.9. The largest absolute Gasteiger partial charge is 0.478 e. The molecule has 70 valence electrons. The number of nitrogens with one attached hydrogen (secondary N) is 1. The number of carbonyl (C=O) groups excluding carboxylic acids is 1. The van der Waals surface area contributed by atoms with E-state index in [9.17, 15) is 9.59 Å². The van der Waals surface area contributed by atoms with E-state index in [1.807, 2.05) is 5.32 Å². The van der Waals surface area contributed by atoms with E-state index in [2.05, 4.69) is 31.9 Å². The van der Waals surface area contributed by atoms with Gasteiger partial charge in [0.1, 0.15) is 4.83 Å². The second-order valence-corrected chi connectivity index (χ2v) is 3.62. The Morgan fingerprint density at radius 1 is 1.50 bits per heavy atom. The first-order chi connectivity index (χ1) is 5.49. The minimum Gasteiger partial charge on any atom is -0.478 e. The molecule has 0 heterocycles. The predicted molar refractivity (Wildman–Crippen MR) is 48.3 cm³/mol. The van der Waals surface area contributed by atoms with Crippen LogP contribution >= 0.6 is 31.9 Å². The Labute approximate surface area is 85.4 Å². The lowest BCUT2D eigenvalue weighted by atomic mass is 10.4. The number of hydrogen-bond donors (Lipinski definition) is 3. The second-order valence-electron chi connectivity index (χ2n) is 1.87. The van der Waals surface area contributed by atoms with Crippen LogP contribution in [0.1, 0.15) is 0 Å². The molecule has 0 aliphatic heterocycles. The molecule has 1 amide bonds. The molecule has 0 aliphatic carbocycles. The highest BCUT2D eigenvalue weighted by Crippen LogP contribution is 2.03. The molecular formula is C5H7Br2NO4. The van der Waals surface area contributed by atoms with Gasteiger partial charge in [0.15, 0.2) is 0 Å². The van der Waals surface area contributed by atoms with Crippen molar-refractivity contribution in [3.63, 3.8) is 0 Å². The minimum atomic E-state index is -1.85. The van der Waals surface area contributed by atoms with Crippen molar-refractivity contribution in [1.29, 1.82) is 0 Å². The molecule has 0 saturated carbocycles. The van der Waals surface area contributed by atoms with Crippen LogP contribution in [-0.4, -0.2) is 38.5 Å². The Morgan fingerprint density at radius 2 is 2.00 bits per heavy atom. The molecule has 2 unspecified atom stereocenters. The van der Waals surface area contributed by atoms with Gasteiger partial charge in [0.2, 0.25) is 12.1 Å².